The molecular formula is C26H32N2O5S. The molecule has 8 heteroatoms. The van der Waals surface area contributed by atoms with Crippen LogP contribution in [0.4, 0.5) is 0 Å². The number of aromatic nitrogens is 1. The Labute approximate surface area is 204 Å². The number of fused-ring (bicyclic) bond motifs is 1. The molecule has 2 N–H and O–H groups in total. The van der Waals surface area contributed by atoms with E-state index in [9.17, 15) is 15.0 Å². The van der Waals surface area contributed by atoms with Crippen molar-refractivity contribution in [3.63, 3.8) is 0 Å². The van der Waals surface area contributed by atoms with Crippen molar-refractivity contribution in [1.29, 1.82) is 0 Å². The van der Waals surface area contributed by atoms with E-state index in [1.54, 1.807) is 37.6 Å². The number of aliphatic carboxylic acids is 1. The van der Waals surface area contributed by atoms with Crippen LogP contribution in [-0.2, 0) is 4.79 Å². The predicted molar refractivity (Wildman–Crippen MR) is 132 cm³/mol. The number of likely N-dealkylation sites (tertiary alicyclic amines) is 1. The third-order valence-electron chi connectivity index (χ3n) is 6.74. The molecule has 4 rings (SSSR count). The van der Waals surface area contributed by atoms with Gasteiger partial charge in [0, 0.05) is 41.7 Å². The topological polar surface area (TPSA) is 96.0 Å². The summed E-state index contributed by atoms with van der Waals surface area (Å²) in [6.45, 7) is 2.67. The van der Waals surface area contributed by atoms with Crippen molar-refractivity contribution in [3.05, 3.63) is 54.6 Å². The molecule has 0 amide bonds. The molecule has 1 aliphatic heterocycles. The van der Waals surface area contributed by atoms with Gasteiger partial charge in [-0.2, -0.15) is 0 Å². The van der Waals surface area contributed by atoms with Crippen LogP contribution in [0, 0.1) is 11.8 Å². The number of hydrogen-bond acceptors (Lipinski definition) is 7. The van der Waals surface area contributed by atoms with Crippen molar-refractivity contribution in [2.75, 3.05) is 32.5 Å². The van der Waals surface area contributed by atoms with Gasteiger partial charge < -0.3 is 24.3 Å². The van der Waals surface area contributed by atoms with Crippen molar-refractivity contribution in [1.82, 2.24) is 9.88 Å². The Bertz CT molecular complexity index is 1070. The van der Waals surface area contributed by atoms with Gasteiger partial charge in [-0.3, -0.25) is 9.78 Å². The molecule has 34 heavy (non-hydrogen) atoms. The van der Waals surface area contributed by atoms with Crippen LogP contribution < -0.4 is 4.74 Å². The summed E-state index contributed by atoms with van der Waals surface area (Å²) >= 11 is 1.75. The third kappa shape index (κ3) is 6.31. The van der Waals surface area contributed by atoms with E-state index in [1.165, 1.54) is 0 Å². The number of pyridine rings is 1. The second-order valence-corrected chi connectivity index (χ2v) is 10.1. The number of hydrogen-bond donors (Lipinski definition) is 2. The Hall–Kier alpha value is -2.55. The van der Waals surface area contributed by atoms with E-state index in [2.05, 4.69) is 9.88 Å². The summed E-state index contributed by atoms with van der Waals surface area (Å²) in [6, 6.07) is 9.49. The number of aliphatic hydroxyl groups excluding tert-OH is 1. The first-order valence-corrected chi connectivity index (χ1v) is 12.7. The minimum absolute atomic E-state index is 0.0895. The van der Waals surface area contributed by atoms with Crippen LogP contribution in [0.1, 0.15) is 37.4 Å². The van der Waals surface area contributed by atoms with Crippen LogP contribution in [0.2, 0.25) is 0 Å². The molecule has 1 fully saturated rings. The van der Waals surface area contributed by atoms with E-state index < -0.39 is 12.1 Å². The fourth-order valence-electron chi connectivity index (χ4n) is 4.91. The molecule has 3 aromatic rings. The molecule has 1 saturated heterocycles. The summed E-state index contributed by atoms with van der Waals surface area (Å²) in [5.74, 6) is 1.30. The lowest BCUT2D eigenvalue weighted by Gasteiger charge is -2.38. The summed E-state index contributed by atoms with van der Waals surface area (Å²) in [7, 11) is 1.62. The lowest BCUT2D eigenvalue weighted by atomic mass is 9.79. The monoisotopic (exact) mass is 484 g/mol. The van der Waals surface area contributed by atoms with Gasteiger partial charge in [-0.1, -0.05) is 0 Å². The standard InChI is InChI=1S/C26H32N2O5S/c1-32-20-3-4-24-23(15-20)22(6-9-27-24)25(29)5-2-18-7-10-28(16-19(18)14-26(30)31)11-13-34-21-8-12-33-17-21/h3-4,6,8-9,12,15,17-19,25,29H,2,5,7,10-11,13-14,16H2,1H3,(H,30,31)/t18-,19+,25+/m1/s1. The lowest BCUT2D eigenvalue weighted by molar-refractivity contribution is -0.139. The van der Waals surface area contributed by atoms with E-state index in [1.807, 2.05) is 30.3 Å². The highest BCUT2D eigenvalue weighted by molar-refractivity contribution is 7.99. The maximum absolute atomic E-state index is 11.6. The zero-order valence-electron chi connectivity index (χ0n) is 19.4. The van der Waals surface area contributed by atoms with Crippen molar-refractivity contribution in [2.24, 2.45) is 11.8 Å². The van der Waals surface area contributed by atoms with Gasteiger partial charge in [-0.25, -0.2) is 0 Å². The first-order valence-electron chi connectivity index (χ1n) is 11.7. The average Bonchev–Trinajstić information content (AvgIpc) is 3.36. The van der Waals surface area contributed by atoms with Crippen LogP contribution in [0.3, 0.4) is 0 Å². The maximum Gasteiger partial charge on any atom is 0.303 e. The number of methoxy groups -OCH3 is 1. The molecule has 182 valence electrons. The molecule has 0 aliphatic carbocycles. The second-order valence-electron chi connectivity index (χ2n) is 8.89. The molecule has 2 aromatic heterocycles. The normalized spacial score (nSPS) is 19.8. The quantitative estimate of drug-likeness (QED) is 0.373. The molecule has 0 radical (unpaired) electrons. The Morgan fingerprint density at radius 1 is 1.32 bits per heavy atom. The summed E-state index contributed by atoms with van der Waals surface area (Å²) in [4.78, 5) is 19.4. The summed E-state index contributed by atoms with van der Waals surface area (Å²) < 4.78 is 10.5. The zero-order valence-corrected chi connectivity index (χ0v) is 20.2. The van der Waals surface area contributed by atoms with Crippen molar-refractivity contribution in [2.45, 2.75) is 36.7 Å². The number of piperidine rings is 1. The van der Waals surface area contributed by atoms with Gasteiger partial charge in [0.2, 0.25) is 0 Å². The Morgan fingerprint density at radius 2 is 2.21 bits per heavy atom. The summed E-state index contributed by atoms with van der Waals surface area (Å²) in [5.41, 5.74) is 1.66. The number of ether oxygens (including phenoxy) is 1. The van der Waals surface area contributed by atoms with Gasteiger partial charge in [-0.05, 0) is 73.5 Å². The van der Waals surface area contributed by atoms with Gasteiger partial charge in [0.15, 0.2) is 0 Å². The molecule has 7 nitrogen and oxygen atoms in total. The van der Waals surface area contributed by atoms with Gasteiger partial charge in [0.05, 0.1) is 25.0 Å². The number of carboxylic acids is 1. The first kappa shape index (κ1) is 24.6. The number of aliphatic hydroxyl groups is 1. The zero-order chi connectivity index (χ0) is 23.9. The Kier molecular flexibility index (Phi) is 8.48. The fraction of sp³-hybridized carbons (Fsp3) is 0.462. The number of benzene rings is 1. The van der Waals surface area contributed by atoms with E-state index in [4.69, 9.17) is 9.15 Å². The molecule has 0 bridgehead atoms. The highest BCUT2D eigenvalue weighted by atomic mass is 32.2. The van der Waals surface area contributed by atoms with Crippen LogP contribution >= 0.6 is 11.8 Å². The molecule has 0 saturated carbocycles. The number of carboxylic acid groups (broad SMARTS) is 1. The highest BCUT2D eigenvalue weighted by Crippen LogP contribution is 2.35. The summed E-state index contributed by atoms with van der Waals surface area (Å²) in [5, 5.41) is 21.4. The number of thioether (sulfide) groups is 1. The molecule has 1 aliphatic rings. The van der Waals surface area contributed by atoms with Crippen LogP contribution in [0.5, 0.6) is 5.75 Å². The number of nitrogens with zero attached hydrogens (tertiary/aromatic N) is 2. The number of carbonyl (C=O) groups is 1. The smallest absolute Gasteiger partial charge is 0.303 e. The largest absolute Gasteiger partial charge is 0.497 e. The van der Waals surface area contributed by atoms with E-state index in [0.717, 1.165) is 65.3 Å². The second kappa shape index (κ2) is 11.7. The minimum Gasteiger partial charge on any atom is -0.497 e. The predicted octanol–water partition coefficient (Wildman–Crippen LogP) is 4.86. The minimum atomic E-state index is -0.752. The molecule has 0 spiro atoms. The number of rotatable bonds is 11. The van der Waals surface area contributed by atoms with Crippen LogP contribution in [0.15, 0.2) is 58.4 Å². The highest BCUT2D eigenvalue weighted by Gasteiger charge is 2.31. The fourth-order valence-corrected chi connectivity index (χ4v) is 5.77. The van der Waals surface area contributed by atoms with E-state index in [-0.39, 0.29) is 18.3 Å². The third-order valence-corrected chi connectivity index (χ3v) is 7.69. The molecule has 1 aromatic carbocycles. The van der Waals surface area contributed by atoms with E-state index >= 15 is 0 Å². The van der Waals surface area contributed by atoms with Crippen molar-refractivity contribution < 1.29 is 24.2 Å². The molecular weight excluding hydrogens is 452 g/mol. The van der Waals surface area contributed by atoms with Gasteiger partial charge in [-0.15, -0.1) is 11.8 Å². The van der Waals surface area contributed by atoms with E-state index in [0.29, 0.717) is 6.42 Å². The Balaban J connectivity index is 1.35. The molecule has 3 atom stereocenters. The van der Waals surface area contributed by atoms with Crippen LogP contribution in [-0.4, -0.2) is 58.6 Å². The maximum atomic E-state index is 11.6. The van der Waals surface area contributed by atoms with Gasteiger partial charge in [0.25, 0.3) is 0 Å². The average molecular weight is 485 g/mol. The van der Waals surface area contributed by atoms with Gasteiger partial charge in [0.1, 0.15) is 12.0 Å². The summed E-state index contributed by atoms with van der Waals surface area (Å²) in [6.07, 6.45) is 7.02. The Morgan fingerprint density at radius 3 is 2.97 bits per heavy atom. The van der Waals surface area contributed by atoms with Gasteiger partial charge >= 0.3 is 5.97 Å². The SMILES string of the molecule is COc1ccc2nccc([C@@H](O)CC[C@@H]3CCN(CCSc4ccoc4)C[C@@H]3CC(=O)O)c2c1. The van der Waals surface area contributed by atoms with Crippen molar-refractivity contribution in [3.8, 4) is 5.75 Å². The molecule has 3 heterocycles. The van der Waals surface area contributed by atoms with Crippen LogP contribution in [0.25, 0.3) is 10.9 Å². The number of furan rings is 1. The first-order chi connectivity index (χ1) is 16.5. The lowest BCUT2D eigenvalue weighted by Crippen LogP contribution is -2.42. The molecule has 0 unspecified atom stereocenters. The van der Waals surface area contributed by atoms with Crippen molar-refractivity contribution >= 4 is 28.6 Å².